The van der Waals surface area contributed by atoms with Crippen molar-refractivity contribution in [3.63, 3.8) is 0 Å². The maximum Gasteiger partial charge on any atom is 0.251 e. The first kappa shape index (κ1) is 17.4. The standard InChI is InChI=1S/C17H25N3O3/c1-10(2)19-16(21)14-6-5-13(9-11(14)3)20-17(22)15-12(4)23-8-7-18-15/h5-6,9-10,12,15,18H,7-8H2,1-4H3,(H,19,21)(H,20,22)/t12-,15+/m1/s1. The Morgan fingerprint density at radius 2 is 2.09 bits per heavy atom. The monoisotopic (exact) mass is 319 g/mol. The van der Waals surface area contributed by atoms with Gasteiger partial charge in [0.05, 0.1) is 12.7 Å². The van der Waals surface area contributed by atoms with Crippen LogP contribution in [0.1, 0.15) is 36.7 Å². The lowest BCUT2D eigenvalue weighted by molar-refractivity contribution is -0.123. The second kappa shape index (κ2) is 7.57. The Balaban J connectivity index is 2.05. The van der Waals surface area contributed by atoms with Crippen LogP contribution in [0.3, 0.4) is 0 Å². The van der Waals surface area contributed by atoms with Crippen LogP contribution in [0.15, 0.2) is 18.2 Å². The van der Waals surface area contributed by atoms with Crippen molar-refractivity contribution in [2.45, 2.75) is 45.9 Å². The van der Waals surface area contributed by atoms with Crippen LogP contribution in [-0.4, -0.2) is 43.2 Å². The van der Waals surface area contributed by atoms with Gasteiger partial charge in [0.1, 0.15) is 6.04 Å². The molecule has 1 aromatic rings. The van der Waals surface area contributed by atoms with E-state index in [1.807, 2.05) is 33.8 Å². The van der Waals surface area contributed by atoms with Gasteiger partial charge in [-0.2, -0.15) is 0 Å². The Bertz CT molecular complexity index is 586. The summed E-state index contributed by atoms with van der Waals surface area (Å²) in [6.45, 7) is 8.85. The molecule has 1 aromatic carbocycles. The number of nitrogens with one attached hydrogen (secondary N) is 3. The Morgan fingerprint density at radius 1 is 1.35 bits per heavy atom. The molecule has 1 heterocycles. The van der Waals surface area contributed by atoms with Gasteiger partial charge < -0.3 is 20.7 Å². The van der Waals surface area contributed by atoms with E-state index in [9.17, 15) is 9.59 Å². The van der Waals surface area contributed by atoms with Crippen molar-refractivity contribution in [2.24, 2.45) is 0 Å². The molecule has 2 atom stereocenters. The molecular weight excluding hydrogens is 294 g/mol. The molecule has 0 spiro atoms. The zero-order chi connectivity index (χ0) is 17.0. The molecule has 23 heavy (non-hydrogen) atoms. The lowest BCUT2D eigenvalue weighted by atomic mass is 10.1. The summed E-state index contributed by atoms with van der Waals surface area (Å²) in [5.41, 5.74) is 2.11. The van der Waals surface area contributed by atoms with Crippen molar-refractivity contribution in [1.82, 2.24) is 10.6 Å². The lowest BCUT2D eigenvalue weighted by Gasteiger charge is -2.29. The number of anilines is 1. The minimum atomic E-state index is -0.368. The van der Waals surface area contributed by atoms with Crippen molar-refractivity contribution >= 4 is 17.5 Å². The number of aryl methyl sites for hydroxylation is 1. The Morgan fingerprint density at radius 3 is 2.70 bits per heavy atom. The van der Waals surface area contributed by atoms with E-state index in [1.54, 1.807) is 12.1 Å². The van der Waals surface area contributed by atoms with Gasteiger partial charge >= 0.3 is 0 Å². The molecule has 1 fully saturated rings. The van der Waals surface area contributed by atoms with Gasteiger partial charge in [0.25, 0.3) is 5.91 Å². The number of rotatable bonds is 4. The second-order valence-corrected chi connectivity index (χ2v) is 6.15. The van der Waals surface area contributed by atoms with E-state index >= 15 is 0 Å². The zero-order valence-electron chi connectivity index (χ0n) is 14.1. The Kier molecular flexibility index (Phi) is 5.74. The summed E-state index contributed by atoms with van der Waals surface area (Å²) < 4.78 is 5.48. The molecule has 6 heteroatoms. The molecule has 0 aromatic heterocycles. The molecule has 2 rings (SSSR count). The quantitative estimate of drug-likeness (QED) is 0.785. The number of hydrogen-bond donors (Lipinski definition) is 3. The van der Waals surface area contributed by atoms with E-state index in [2.05, 4.69) is 16.0 Å². The SMILES string of the molecule is Cc1cc(NC(=O)[C@H]2NCCO[C@@H]2C)ccc1C(=O)NC(C)C. The fourth-order valence-electron chi connectivity index (χ4n) is 2.58. The average molecular weight is 319 g/mol. The first-order chi connectivity index (χ1) is 10.9. The molecule has 126 valence electrons. The van der Waals surface area contributed by atoms with Gasteiger partial charge in [-0.3, -0.25) is 9.59 Å². The van der Waals surface area contributed by atoms with Crippen LogP contribution in [0.25, 0.3) is 0 Å². The van der Waals surface area contributed by atoms with Crippen molar-refractivity contribution < 1.29 is 14.3 Å². The molecular formula is C17H25N3O3. The van der Waals surface area contributed by atoms with Crippen molar-refractivity contribution in [3.05, 3.63) is 29.3 Å². The Hall–Kier alpha value is -1.92. The van der Waals surface area contributed by atoms with Crippen LogP contribution in [0.2, 0.25) is 0 Å². The predicted molar refractivity (Wildman–Crippen MR) is 89.6 cm³/mol. The minimum Gasteiger partial charge on any atom is -0.375 e. The molecule has 0 bridgehead atoms. The fraction of sp³-hybridized carbons (Fsp3) is 0.529. The topological polar surface area (TPSA) is 79.5 Å². The minimum absolute atomic E-state index is 0.0835. The number of hydrogen-bond acceptors (Lipinski definition) is 4. The smallest absolute Gasteiger partial charge is 0.251 e. The molecule has 0 unspecified atom stereocenters. The van der Waals surface area contributed by atoms with Gasteiger partial charge in [0, 0.05) is 23.8 Å². The summed E-state index contributed by atoms with van der Waals surface area (Å²) in [6.07, 6.45) is -0.166. The van der Waals surface area contributed by atoms with E-state index in [0.717, 1.165) is 5.56 Å². The largest absolute Gasteiger partial charge is 0.375 e. The molecule has 2 amide bonds. The Labute approximate surface area is 137 Å². The molecule has 0 radical (unpaired) electrons. The second-order valence-electron chi connectivity index (χ2n) is 6.15. The van der Waals surface area contributed by atoms with E-state index in [-0.39, 0.29) is 30.0 Å². The third-order valence-corrected chi connectivity index (χ3v) is 3.76. The first-order valence-electron chi connectivity index (χ1n) is 7.96. The van der Waals surface area contributed by atoms with E-state index in [0.29, 0.717) is 24.4 Å². The number of carbonyl (C=O) groups is 2. The number of ether oxygens (including phenoxy) is 1. The first-order valence-corrected chi connectivity index (χ1v) is 7.96. The highest BCUT2D eigenvalue weighted by Gasteiger charge is 2.28. The summed E-state index contributed by atoms with van der Waals surface area (Å²) in [6, 6.07) is 5.00. The lowest BCUT2D eigenvalue weighted by Crippen LogP contribution is -2.53. The highest BCUT2D eigenvalue weighted by atomic mass is 16.5. The number of morpholine rings is 1. The molecule has 0 aliphatic carbocycles. The summed E-state index contributed by atoms with van der Waals surface area (Å²) >= 11 is 0. The van der Waals surface area contributed by atoms with Crippen LogP contribution < -0.4 is 16.0 Å². The molecule has 3 N–H and O–H groups in total. The van der Waals surface area contributed by atoms with Gasteiger partial charge in [0.2, 0.25) is 5.91 Å². The van der Waals surface area contributed by atoms with E-state index in [1.165, 1.54) is 0 Å². The molecule has 1 aliphatic heterocycles. The summed E-state index contributed by atoms with van der Waals surface area (Å²) in [4.78, 5) is 24.4. The van der Waals surface area contributed by atoms with Crippen LogP contribution >= 0.6 is 0 Å². The van der Waals surface area contributed by atoms with Gasteiger partial charge in [-0.25, -0.2) is 0 Å². The van der Waals surface area contributed by atoms with Crippen molar-refractivity contribution in [1.29, 1.82) is 0 Å². The van der Waals surface area contributed by atoms with Crippen LogP contribution in [0.4, 0.5) is 5.69 Å². The molecule has 0 saturated carbocycles. The average Bonchev–Trinajstić information content (AvgIpc) is 2.46. The van der Waals surface area contributed by atoms with Crippen LogP contribution in [0.5, 0.6) is 0 Å². The van der Waals surface area contributed by atoms with E-state index in [4.69, 9.17) is 4.74 Å². The predicted octanol–water partition coefficient (Wildman–Crippen LogP) is 1.45. The number of benzene rings is 1. The van der Waals surface area contributed by atoms with Gasteiger partial charge in [0.15, 0.2) is 0 Å². The molecule has 1 saturated heterocycles. The summed E-state index contributed by atoms with van der Waals surface area (Å²) in [5.74, 6) is -0.234. The summed E-state index contributed by atoms with van der Waals surface area (Å²) in [5, 5.41) is 8.89. The zero-order valence-corrected chi connectivity index (χ0v) is 14.1. The maximum absolute atomic E-state index is 12.3. The van der Waals surface area contributed by atoms with Gasteiger partial charge in [-0.15, -0.1) is 0 Å². The highest BCUT2D eigenvalue weighted by molar-refractivity contribution is 5.98. The third-order valence-electron chi connectivity index (χ3n) is 3.76. The number of carbonyl (C=O) groups excluding carboxylic acids is 2. The maximum atomic E-state index is 12.3. The van der Waals surface area contributed by atoms with Crippen molar-refractivity contribution in [2.75, 3.05) is 18.5 Å². The highest BCUT2D eigenvalue weighted by Crippen LogP contribution is 2.16. The number of amides is 2. The summed E-state index contributed by atoms with van der Waals surface area (Å²) in [7, 11) is 0. The van der Waals surface area contributed by atoms with Crippen molar-refractivity contribution in [3.8, 4) is 0 Å². The fourth-order valence-corrected chi connectivity index (χ4v) is 2.58. The van der Waals surface area contributed by atoms with Gasteiger partial charge in [-0.1, -0.05) is 0 Å². The molecule has 6 nitrogen and oxygen atoms in total. The van der Waals surface area contributed by atoms with E-state index < -0.39 is 0 Å². The third kappa shape index (κ3) is 4.53. The van der Waals surface area contributed by atoms with Crippen LogP contribution in [0, 0.1) is 6.92 Å². The van der Waals surface area contributed by atoms with Crippen LogP contribution in [-0.2, 0) is 9.53 Å². The van der Waals surface area contributed by atoms with Gasteiger partial charge in [-0.05, 0) is 51.5 Å². The normalized spacial score (nSPS) is 21.1. The molecule has 1 aliphatic rings.